The fraction of sp³-hybridized carbons (Fsp3) is 0.538. The van der Waals surface area contributed by atoms with Crippen LogP contribution in [0.25, 0.3) is 0 Å². The third kappa shape index (κ3) is 3.12. The summed E-state index contributed by atoms with van der Waals surface area (Å²) in [5, 5.41) is 0. The number of hydrogen-bond donors (Lipinski definition) is 0. The summed E-state index contributed by atoms with van der Waals surface area (Å²) in [5.74, 6) is -1.12. The van der Waals surface area contributed by atoms with E-state index >= 15 is 0 Å². The second kappa shape index (κ2) is 6.23. The molecule has 1 heterocycles. The van der Waals surface area contributed by atoms with Crippen molar-refractivity contribution in [3.63, 3.8) is 0 Å². The third-order valence-corrected chi connectivity index (χ3v) is 2.43. The molecule has 0 unspecified atom stereocenters. The highest BCUT2D eigenvalue weighted by Gasteiger charge is 2.34. The SMILES string of the molecule is CCOC(=O)C(C(=O)OCC)c1cc(C)oc1C. The van der Waals surface area contributed by atoms with Gasteiger partial charge in [-0.2, -0.15) is 0 Å². The Hall–Kier alpha value is -1.78. The van der Waals surface area contributed by atoms with E-state index in [-0.39, 0.29) is 13.2 Å². The maximum Gasteiger partial charge on any atom is 0.325 e. The maximum atomic E-state index is 11.9. The van der Waals surface area contributed by atoms with Gasteiger partial charge < -0.3 is 13.9 Å². The quantitative estimate of drug-likeness (QED) is 0.594. The van der Waals surface area contributed by atoms with Gasteiger partial charge in [0, 0.05) is 5.56 Å². The van der Waals surface area contributed by atoms with Gasteiger partial charge in [-0.3, -0.25) is 9.59 Å². The molecule has 0 saturated heterocycles. The molecule has 0 fully saturated rings. The lowest BCUT2D eigenvalue weighted by molar-refractivity contribution is -0.157. The van der Waals surface area contributed by atoms with Gasteiger partial charge in [0.05, 0.1) is 13.2 Å². The second-order valence-corrected chi connectivity index (χ2v) is 3.81. The fourth-order valence-electron chi connectivity index (χ4n) is 1.74. The van der Waals surface area contributed by atoms with Crippen LogP contribution in [-0.4, -0.2) is 25.2 Å². The molecule has 0 aliphatic rings. The smallest absolute Gasteiger partial charge is 0.325 e. The zero-order valence-electron chi connectivity index (χ0n) is 11.1. The van der Waals surface area contributed by atoms with Crippen molar-refractivity contribution >= 4 is 11.9 Å². The van der Waals surface area contributed by atoms with Crippen LogP contribution in [0.1, 0.15) is 36.8 Å². The van der Waals surface area contributed by atoms with Crippen molar-refractivity contribution in [2.24, 2.45) is 0 Å². The van der Waals surface area contributed by atoms with Crippen LogP contribution in [0.5, 0.6) is 0 Å². The number of esters is 2. The summed E-state index contributed by atoms with van der Waals surface area (Å²) in [6.07, 6.45) is 0. The standard InChI is InChI=1S/C13H18O5/c1-5-16-12(14)11(13(15)17-6-2)10-7-8(3)18-9(10)4/h7,11H,5-6H2,1-4H3. The predicted octanol–water partition coefficient (Wildman–Crippen LogP) is 2.11. The van der Waals surface area contributed by atoms with Gasteiger partial charge in [-0.15, -0.1) is 0 Å². The highest BCUT2D eigenvalue weighted by molar-refractivity contribution is 6.01. The zero-order valence-corrected chi connectivity index (χ0v) is 11.1. The Balaban J connectivity index is 3.07. The summed E-state index contributed by atoms with van der Waals surface area (Å²) in [5.41, 5.74) is 0.504. The molecule has 0 aliphatic carbocycles. The Kier molecular flexibility index (Phi) is 4.95. The lowest BCUT2D eigenvalue weighted by atomic mass is 10.00. The molecule has 0 aromatic carbocycles. The summed E-state index contributed by atoms with van der Waals surface area (Å²) in [6, 6.07) is 1.66. The highest BCUT2D eigenvalue weighted by atomic mass is 16.6. The van der Waals surface area contributed by atoms with Gasteiger partial charge in [0.15, 0.2) is 5.92 Å². The first-order valence-electron chi connectivity index (χ1n) is 5.91. The molecule has 0 spiro atoms. The van der Waals surface area contributed by atoms with Crippen molar-refractivity contribution in [1.82, 2.24) is 0 Å². The van der Waals surface area contributed by atoms with Gasteiger partial charge in [0.1, 0.15) is 11.5 Å². The molecule has 0 radical (unpaired) electrons. The van der Waals surface area contributed by atoms with E-state index in [4.69, 9.17) is 13.9 Å². The summed E-state index contributed by atoms with van der Waals surface area (Å²) in [6.45, 7) is 7.26. The van der Waals surface area contributed by atoms with Gasteiger partial charge in [0.25, 0.3) is 0 Å². The number of ether oxygens (including phenoxy) is 2. The monoisotopic (exact) mass is 254 g/mol. The maximum absolute atomic E-state index is 11.9. The second-order valence-electron chi connectivity index (χ2n) is 3.81. The van der Waals surface area contributed by atoms with Crippen LogP contribution < -0.4 is 0 Å². The Morgan fingerprint density at radius 3 is 2.00 bits per heavy atom. The van der Waals surface area contributed by atoms with Crippen LogP contribution >= 0.6 is 0 Å². The van der Waals surface area contributed by atoms with E-state index in [0.29, 0.717) is 17.1 Å². The van der Waals surface area contributed by atoms with Crippen molar-refractivity contribution in [1.29, 1.82) is 0 Å². The predicted molar refractivity (Wildman–Crippen MR) is 64.2 cm³/mol. The Labute approximate surface area is 106 Å². The van der Waals surface area contributed by atoms with Crippen molar-refractivity contribution in [2.75, 3.05) is 13.2 Å². The van der Waals surface area contributed by atoms with Crippen LogP contribution in [0.2, 0.25) is 0 Å². The van der Waals surface area contributed by atoms with Crippen molar-refractivity contribution in [3.8, 4) is 0 Å². The van der Waals surface area contributed by atoms with E-state index in [1.54, 1.807) is 33.8 Å². The summed E-state index contributed by atoms with van der Waals surface area (Å²) in [7, 11) is 0. The van der Waals surface area contributed by atoms with Crippen LogP contribution in [0.3, 0.4) is 0 Å². The molecule has 1 rings (SSSR count). The first kappa shape index (κ1) is 14.3. The molecule has 0 aliphatic heterocycles. The molecule has 18 heavy (non-hydrogen) atoms. The molecule has 0 bridgehead atoms. The normalized spacial score (nSPS) is 10.5. The topological polar surface area (TPSA) is 65.7 Å². The van der Waals surface area contributed by atoms with Crippen molar-refractivity contribution in [3.05, 3.63) is 23.2 Å². The number of hydrogen-bond acceptors (Lipinski definition) is 5. The Morgan fingerprint density at radius 2 is 1.67 bits per heavy atom. The average molecular weight is 254 g/mol. The van der Waals surface area contributed by atoms with Crippen LogP contribution in [0, 0.1) is 13.8 Å². The van der Waals surface area contributed by atoms with E-state index in [2.05, 4.69) is 0 Å². The number of carbonyl (C=O) groups excluding carboxylic acids is 2. The third-order valence-electron chi connectivity index (χ3n) is 2.43. The molecule has 0 N–H and O–H groups in total. The summed E-state index contributed by atoms with van der Waals surface area (Å²) in [4.78, 5) is 23.7. The molecule has 1 aromatic rings. The molecule has 1 aromatic heterocycles. The summed E-state index contributed by atoms with van der Waals surface area (Å²) < 4.78 is 15.2. The van der Waals surface area contributed by atoms with Gasteiger partial charge in [0.2, 0.25) is 0 Å². The van der Waals surface area contributed by atoms with Crippen LogP contribution in [0.4, 0.5) is 0 Å². The van der Waals surface area contributed by atoms with Crippen LogP contribution in [-0.2, 0) is 19.1 Å². The van der Waals surface area contributed by atoms with E-state index in [9.17, 15) is 9.59 Å². The van der Waals surface area contributed by atoms with Gasteiger partial charge in [-0.05, 0) is 33.8 Å². The molecule has 0 atom stereocenters. The minimum absolute atomic E-state index is 0.213. The lowest BCUT2D eigenvalue weighted by Crippen LogP contribution is -2.26. The fourth-order valence-corrected chi connectivity index (χ4v) is 1.74. The number of carbonyl (C=O) groups is 2. The number of furan rings is 1. The first-order valence-corrected chi connectivity index (χ1v) is 5.91. The lowest BCUT2D eigenvalue weighted by Gasteiger charge is -2.13. The number of aryl methyl sites for hydroxylation is 2. The van der Waals surface area contributed by atoms with Crippen molar-refractivity contribution in [2.45, 2.75) is 33.6 Å². The Bertz CT molecular complexity index is 415. The van der Waals surface area contributed by atoms with E-state index in [1.165, 1.54) is 0 Å². The number of rotatable bonds is 5. The van der Waals surface area contributed by atoms with E-state index in [0.717, 1.165) is 0 Å². The van der Waals surface area contributed by atoms with Crippen LogP contribution in [0.15, 0.2) is 10.5 Å². The largest absolute Gasteiger partial charge is 0.466 e. The molecule has 0 saturated carbocycles. The van der Waals surface area contributed by atoms with Crippen molar-refractivity contribution < 1.29 is 23.5 Å². The van der Waals surface area contributed by atoms with E-state index in [1.807, 2.05) is 0 Å². The van der Waals surface area contributed by atoms with Gasteiger partial charge >= 0.3 is 11.9 Å². The summed E-state index contributed by atoms with van der Waals surface area (Å²) >= 11 is 0. The molecular weight excluding hydrogens is 236 g/mol. The first-order chi connectivity index (χ1) is 8.51. The highest BCUT2D eigenvalue weighted by Crippen LogP contribution is 2.26. The molecule has 5 heteroatoms. The minimum Gasteiger partial charge on any atom is -0.466 e. The molecular formula is C13H18O5. The Morgan fingerprint density at radius 1 is 1.17 bits per heavy atom. The van der Waals surface area contributed by atoms with Gasteiger partial charge in [-0.1, -0.05) is 0 Å². The minimum atomic E-state index is -1.07. The zero-order chi connectivity index (χ0) is 13.7. The van der Waals surface area contributed by atoms with Gasteiger partial charge in [-0.25, -0.2) is 0 Å². The molecule has 0 amide bonds. The average Bonchev–Trinajstić information content (AvgIpc) is 2.59. The molecule has 100 valence electrons. The molecule has 5 nitrogen and oxygen atoms in total. The van der Waals surface area contributed by atoms with E-state index < -0.39 is 17.9 Å².